The Labute approximate surface area is 367 Å². The van der Waals surface area contributed by atoms with Crippen LogP contribution in [0.25, 0.3) is 82.8 Å². The van der Waals surface area contributed by atoms with Gasteiger partial charge in [0.05, 0.1) is 11.0 Å². The zero-order valence-electron chi connectivity index (χ0n) is 35.8. The maximum absolute atomic E-state index is 6.49. The summed E-state index contributed by atoms with van der Waals surface area (Å²) in [7, 11) is 0. The lowest BCUT2D eigenvalue weighted by Crippen LogP contribution is -2.18. The highest BCUT2D eigenvalue weighted by molar-refractivity contribution is 6.10. The van der Waals surface area contributed by atoms with Crippen molar-refractivity contribution in [1.29, 1.82) is 0 Å². The molecule has 9 aromatic carbocycles. The Morgan fingerprint density at radius 1 is 0.381 bits per heavy atom. The van der Waals surface area contributed by atoms with E-state index in [4.69, 9.17) is 4.42 Å². The van der Waals surface area contributed by atoms with E-state index in [1.807, 2.05) is 6.07 Å². The predicted molar refractivity (Wildman–Crippen MR) is 263 cm³/mol. The van der Waals surface area contributed by atoms with Crippen LogP contribution in [-0.2, 0) is 10.8 Å². The molecule has 0 saturated heterocycles. The summed E-state index contributed by atoms with van der Waals surface area (Å²) >= 11 is 0. The molecule has 0 aliphatic heterocycles. The van der Waals surface area contributed by atoms with E-state index in [1.165, 1.54) is 72.0 Å². The second kappa shape index (κ2) is 13.0. The van der Waals surface area contributed by atoms with Gasteiger partial charge in [0.25, 0.3) is 0 Å². The summed E-state index contributed by atoms with van der Waals surface area (Å²) < 4.78 is 8.92. The number of nitrogens with zero attached hydrogens (tertiary/aromatic N) is 2. The van der Waals surface area contributed by atoms with Gasteiger partial charge in [0, 0.05) is 60.7 Å². The third-order valence-corrected chi connectivity index (χ3v) is 14.4. The molecule has 0 bridgehead atoms. The minimum Gasteiger partial charge on any atom is -0.455 e. The molecular formula is C60H44N2O. The quantitative estimate of drug-likeness (QED) is 0.173. The zero-order chi connectivity index (χ0) is 42.2. The fourth-order valence-corrected chi connectivity index (χ4v) is 11.2. The van der Waals surface area contributed by atoms with E-state index in [1.54, 1.807) is 0 Å². The van der Waals surface area contributed by atoms with Gasteiger partial charge in [0.15, 0.2) is 0 Å². The Bertz CT molecular complexity index is 3640. The fraction of sp³-hybridized carbons (Fsp3) is 0.100. The highest BCUT2D eigenvalue weighted by atomic mass is 16.3. The molecular weight excluding hydrogens is 765 g/mol. The number of hydrogen-bond donors (Lipinski definition) is 0. The van der Waals surface area contributed by atoms with Crippen molar-refractivity contribution in [2.24, 2.45) is 0 Å². The fourth-order valence-electron chi connectivity index (χ4n) is 11.2. The third-order valence-electron chi connectivity index (χ3n) is 14.4. The summed E-state index contributed by atoms with van der Waals surface area (Å²) in [5, 5.41) is 4.83. The average molecular weight is 809 g/mol. The van der Waals surface area contributed by atoms with Gasteiger partial charge in [-0.15, -0.1) is 0 Å². The van der Waals surface area contributed by atoms with Crippen LogP contribution in [0.4, 0.5) is 17.1 Å². The second-order valence-electron chi connectivity index (χ2n) is 18.5. The smallest absolute Gasteiger partial charge is 0.143 e. The molecule has 13 rings (SSSR count). The molecule has 0 atom stereocenters. The van der Waals surface area contributed by atoms with Crippen LogP contribution in [0.3, 0.4) is 0 Å². The summed E-state index contributed by atoms with van der Waals surface area (Å²) in [6, 6.07) is 71.6. The van der Waals surface area contributed by atoms with Crippen molar-refractivity contribution in [2.45, 2.75) is 38.5 Å². The van der Waals surface area contributed by atoms with Gasteiger partial charge in [0.2, 0.25) is 0 Å². The van der Waals surface area contributed by atoms with Gasteiger partial charge < -0.3 is 13.9 Å². The summed E-state index contributed by atoms with van der Waals surface area (Å²) in [5.74, 6) is 0. The molecule has 63 heavy (non-hydrogen) atoms. The van der Waals surface area contributed by atoms with E-state index in [2.05, 4.69) is 225 Å². The third kappa shape index (κ3) is 5.08. The molecule has 2 aliphatic rings. The standard InChI is InChI=1S/C60H44N2O/c1-59(2)51-20-9-5-14-43(51)44-31-28-39(34-52(44)59)61(38-26-24-37(25-27-38)42-18-13-19-50-49-17-8-12-23-57(49)63-58(42)50)40-29-32-45-46-33-30-41(36-54(46)60(3,4)53(45)35-40)62-55-21-10-6-15-47(55)48-16-7-11-22-56(48)62/h5-36H,1-4H3. The minimum absolute atomic E-state index is 0.127. The van der Waals surface area contributed by atoms with Gasteiger partial charge >= 0.3 is 0 Å². The largest absolute Gasteiger partial charge is 0.455 e. The van der Waals surface area contributed by atoms with E-state index in [9.17, 15) is 0 Å². The van der Waals surface area contributed by atoms with E-state index >= 15 is 0 Å². The molecule has 0 spiro atoms. The van der Waals surface area contributed by atoms with E-state index in [0.717, 1.165) is 50.1 Å². The molecule has 300 valence electrons. The van der Waals surface area contributed by atoms with Crippen molar-refractivity contribution in [1.82, 2.24) is 4.57 Å². The first-order chi connectivity index (χ1) is 30.8. The Balaban J connectivity index is 0.948. The van der Waals surface area contributed by atoms with Crippen LogP contribution in [-0.4, -0.2) is 4.57 Å². The molecule has 0 N–H and O–H groups in total. The van der Waals surface area contributed by atoms with Crippen LogP contribution in [0.1, 0.15) is 49.9 Å². The van der Waals surface area contributed by atoms with E-state index in [0.29, 0.717) is 0 Å². The molecule has 0 fully saturated rings. The number of para-hydroxylation sites is 4. The Morgan fingerprint density at radius 2 is 0.873 bits per heavy atom. The van der Waals surface area contributed by atoms with Crippen molar-refractivity contribution in [2.75, 3.05) is 4.90 Å². The van der Waals surface area contributed by atoms with E-state index in [-0.39, 0.29) is 10.8 Å². The van der Waals surface area contributed by atoms with Gasteiger partial charge in [-0.1, -0.05) is 155 Å². The van der Waals surface area contributed by atoms with Crippen molar-refractivity contribution in [3.05, 3.63) is 216 Å². The Kier molecular flexibility index (Phi) is 7.42. The molecule has 0 saturated carbocycles. The van der Waals surface area contributed by atoms with Crippen LogP contribution >= 0.6 is 0 Å². The minimum atomic E-state index is -0.238. The van der Waals surface area contributed by atoms with Crippen LogP contribution in [0.5, 0.6) is 0 Å². The van der Waals surface area contributed by atoms with Crippen LogP contribution in [0.15, 0.2) is 199 Å². The monoisotopic (exact) mass is 808 g/mol. The number of anilines is 3. The molecule has 3 heteroatoms. The lowest BCUT2D eigenvalue weighted by molar-refractivity contribution is 0.659. The second-order valence-corrected chi connectivity index (χ2v) is 18.5. The van der Waals surface area contributed by atoms with Crippen molar-refractivity contribution >= 4 is 60.8 Å². The molecule has 3 nitrogen and oxygen atoms in total. The van der Waals surface area contributed by atoms with E-state index < -0.39 is 0 Å². The lowest BCUT2D eigenvalue weighted by atomic mass is 9.82. The molecule has 0 amide bonds. The molecule has 2 heterocycles. The molecule has 0 radical (unpaired) electrons. The van der Waals surface area contributed by atoms with Gasteiger partial charge in [-0.25, -0.2) is 0 Å². The number of furan rings is 1. The first-order valence-corrected chi connectivity index (χ1v) is 22.1. The summed E-state index contributed by atoms with van der Waals surface area (Å²) in [6.45, 7) is 9.51. The lowest BCUT2D eigenvalue weighted by Gasteiger charge is -2.30. The topological polar surface area (TPSA) is 21.3 Å². The first kappa shape index (κ1) is 36.1. The van der Waals surface area contributed by atoms with Crippen molar-refractivity contribution in [3.63, 3.8) is 0 Å². The SMILES string of the molecule is CC1(C)c2ccccc2-c2ccc(N(c3ccc(-c4cccc5c4oc4ccccc45)cc3)c3ccc4c(c3)C(C)(C)c3cc(-n5c6ccccc6c6ccccc65)ccc3-4)cc21. The summed E-state index contributed by atoms with van der Waals surface area (Å²) in [6.07, 6.45) is 0. The number of aromatic nitrogens is 1. The molecule has 11 aromatic rings. The van der Waals surface area contributed by atoms with Gasteiger partial charge in [-0.2, -0.15) is 0 Å². The maximum Gasteiger partial charge on any atom is 0.143 e. The normalized spacial score (nSPS) is 14.3. The van der Waals surface area contributed by atoms with Gasteiger partial charge in [0.1, 0.15) is 11.2 Å². The molecule has 2 aliphatic carbocycles. The van der Waals surface area contributed by atoms with Gasteiger partial charge in [-0.05, 0) is 117 Å². The summed E-state index contributed by atoms with van der Waals surface area (Å²) in [4.78, 5) is 2.45. The van der Waals surface area contributed by atoms with Crippen LogP contribution in [0.2, 0.25) is 0 Å². The predicted octanol–water partition coefficient (Wildman–Crippen LogP) is 16.4. The van der Waals surface area contributed by atoms with Crippen LogP contribution in [0, 0.1) is 0 Å². The zero-order valence-corrected chi connectivity index (χ0v) is 35.8. The molecule has 0 unspecified atom stereocenters. The first-order valence-electron chi connectivity index (χ1n) is 22.1. The van der Waals surface area contributed by atoms with Crippen molar-refractivity contribution < 1.29 is 4.42 Å². The number of rotatable bonds is 5. The highest BCUT2D eigenvalue weighted by Gasteiger charge is 2.38. The van der Waals surface area contributed by atoms with Crippen LogP contribution < -0.4 is 4.90 Å². The number of hydrogen-bond acceptors (Lipinski definition) is 2. The maximum atomic E-state index is 6.49. The highest BCUT2D eigenvalue weighted by Crippen LogP contribution is 2.54. The summed E-state index contributed by atoms with van der Waals surface area (Å²) in [5.41, 5.74) is 21.4. The molecule has 2 aromatic heterocycles. The average Bonchev–Trinajstić information content (AvgIpc) is 4.00. The number of benzene rings is 9. The van der Waals surface area contributed by atoms with Gasteiger partial charge in [-0.3, -0.25) is 0 Å². The Morgan fingerprint density at radius 3 is 1.56 bits per heavy atom. The Hall–Kier alpha value is -7.62. The number of fused-ring (bicyclic) bond motifs is 12. The van der Waals surface area contributed by atoms with Crippen molar-refractivity contribution in [3.8, 4) is 39.1 Å².